The molecule has 8 heteroatoms. The third kappa shape index (κ3) is 2.48. The molecule has 0 saturated heterocycles. The second-order valence-electron chi connectivity index (χ2n) is 3.91. The van der Waals surface area contributed by atoms with Gasteiger partial charge < -0.3 is 14.9 Å². The maximum atomic E-state index is 13.5. The summed E-state index contributed by atoms with van der Waals surface area (Å²) in [5, 5.41) is 14.2. The van der Waals surface area contributed by atoms with E-state index < -0.39 is 34.8 Å². The van der Waals surface area contributed by atoms with Crippen LogP contribution in [0, 0.1) is 18.6 Å². The van der Waals surface area contributed by atoms with Crippen molar-refractivity contribution < 1.29 is 28.0 Å². The average Bonchev–Trinajstić information content (AvgIpc) is 2.78. The molecule has 0 bridgehead atoms. The normalized spacial score (nSPS) is 10.3. The van der Waals surface area contributed by atoms with E-state index in [9.17, 15) is 18.4 Å². The number of hydrogen-bond acceptors (Lipinski definition) is 4. The number of rotatable bonds is 3. The highest BCUT2D eigenvalue weighted by atomic mass is 19.1. The number of carboxylic acid groups (broad SMARTS) is 1. The molecule has 2 rings (SSSR count). The lowest BCUT2D eigenvalue weighted by atomic mass is 10.1. The van der Waals surface area contributed by atoms with E-state index in [1.807, 2.05) is 0 Å². The molecule has 2 aromatic rings. The summed E-state index contributed by atoms with van der Waals surface area (Å²) in [5.74, 6) is -4.87. The van der Waals surface area contributed by atoms with Gasteiger partial charge in [0, 0.05) is 11.6 Å². The minimum absolute atomic E-state index is 0.148. The first-order valence-corrected chi connectivity index (χ1v) is 5.35. The minimum atomic E-state index is -1.58. The first-order valence-electron chi connectivity index (χ1n) is 5.35. The van der Waals surface area contributed by atoms with Crippen molar-refractivity contribution >= 4 is 17.6 Å². The summed E-state index contributed by atoms with van der Waals surface area (Å²) >= 11 is 0. The van der Waals surface area contributed by atoms with Gasteiger partial charge in [-0.25, -0.2) is 13.6 Å². The molecule has 1 aromatic carbocycles. The van der Waals surface area contributed by atoms with Crippen LogP contribution in [-0.4, -0.2) is 22.1 Å². The van der Waals surface area contributed by atoms with E-state index in [-0.39, 0.29) is 5.76 Å². The summed E-state index contributed by atoms with van der Waals surface area (Å²) in [6.07, 6.45) is 1.29. The van der Waals surface area contributed by atoms with Crippen LogP contribution in [0.3, 0.4) is 0 Å². The van der Waals surface area contributed by atoms with Gasteiger partial charge in [-0.15, -0.1) is 0 Å². The molecule has 0 aliphatic rings. The maximum Gasteiger partial charge on any atom is 0.338 e. The Balaban J connectivity index is 2.34. The molecule has 0 unspecified atom stereocenters. The zero-order valence-electron chi connectivity index (χ0n) is 10.1. The van der Waals surface area contributed by atoms with Crippen LogP contribution in [0.5, 0.6) is 0 Å². The van der Waals surface area contributed by atoms with Crippen LogP contribution in [0.25, 0.3) is 0 Å². The molecule has 1 aromatic heterocycles. The zero-order valence-corrected chi connectivity index (χ0v) is 10.1. The zero-order chi connectivity index (χ0) is 14.9. The van der Waals surface area contributed by atoms with E-state index in [0.29, 0.717) is 17.7 Å². The van der Waals surface area contributed by atoms with Crippen molar-refractivity contribution in [3.63, 3.8) is 0 Å². The van der Waals surface area contributed by atoms with Crippen molar-refractivity contribution in [2.75, 3.05) is 5.32 Å². The Hall–Kier alpha value is -2.77. The number of carbonyl (C=O) groups is 2. The minimum Gasteiger partial charge on any atom is -0.478 e. The largest absolute Gasteiger partial charge is 0.478 e. The van der Waals surface area contributed by atoms with Crippen LogP contribution in [0.1, 0.15) is 26.5 Å². The number of halogens is 2. The molecule has 0 aliphatic heterocycles. The van der Waals surface area contributed by atoms with Crippen molar-refractivity contribution in [1.29, 1.82) is 0 Å². The fraction of sp³-hybridized carbons (Fsp3) is 0.0833. The number of anilines is 1. The van der Waals surface area contributed by atoms with Crippen LogP contribution in [0.4, 0.5) is 14.5 Å². The molecule has 0 aliphatic carbocycles. The average molecular weight is 282 g/mol. The number of carbonyl (C=O) groups excluding carboxylic acids is 1. The first kappa shape index (κ1) is 13.7. The van der Waals surface area contributed by atoms with Gasteiger partial charge in [0.2, 0.25) is 5.76 Å². The topological polar surface area (TPSA) is 92.4 Å². The molecule has 6 nitrogen and oxygen atoms in total. The van der Waals surface area contributed by atoms with Gasteiger partial charge in [0.05, 0.1) is 17.4 Å². The molecule has 1 heterocycles. The summed E-state index contributed by atoms with van der Waals surface area (Å²) in [7, 11) is 0. The Bertz CT molecular complexity index is 697. The van der Waals surface area contributed by atoms with Gasteiger partial charge in [0.1, 0.15) is 11.6 Å². The molecule has 0 saturated carbocycles. The second-order valence-corrected chi connectivity index (χ2v) is 3.91. The maximum absolute atomic E-state index is 13.5. The number of nitrogens with zero attached hydrogens (tertiary/aromatic N) is 1. The summed E-state index contributed by atoms with van der Waals surface area (Å²) in [5.41, 5.74) is -0.802. The number of nitrogens with one attached hydrogen (secondary N) is 1. The molecule has 0 atom stereocenters. The van der Waals surface area contributed by atoms with E-state index in [2.05, 4.69) is 15.0 Å². The molecule has 1 amide bonds. The van der Waals surface area contributed by atoms with E-state index in [1.165, 1.54) is 6.20 Å². The van der Waals surface area contributed by atoms with Crippen LogP contribution >= 0.6 is 0 Å². The van der Waals surface area contributed by atoms with Crippen LogP contribution in [0.2, 0.25) is 0 Å². The van der Waals surface area contributed by atoms with Crippen molar-refractivity contribution in [3.8, 4) is 0 Å². The van der Waals surface area contributed by atoms with E-state index in [4.69, 9.17) is 5.11 Å². The predicted octanol–water partition coefficient (Wildman–Crippen LogP) is 2.21. The van der Waals surface area contributed by atoms with Gasteiger partial charge in [-0.2, -0.15) is 0 Å². The summed E-state index contributed by atoms with van der Waals surface area (Å²) < 4.78 is 31.4. The van der Waals surface area contributed by atoms with Gasteiger partial charge in [-0.1, -0.05) is 5.16 Å². The quantitative estimate of drug-likeness (QED) is 0.900. The lowest BCUT2D eigenvalue weighted by Gasteiger charge is -2.07. The Morgan fingerprint density at radius 2 is 2.00 bits per heavy atom. The Morgan fingerprint density at radius 1 is 1.30 bits per heavy atom. The molecular formula is C12H8F2N2O4. The third-order valence-corrected chi connectivity index (χ3v) is 2.49. The highest BCUT2D eigenvalue weighted by molar-refractivity contribution is 6.03. The number of hydrogen-bond donors (Lipinski definition) is 2. The van der Waals surface area contributed by atoms with Crippen molar-refractivity contribution in [1.82, 2.24) is 5.16 Å². The van der Waals surface area contributed by atoms with Crippen LogP contribution in [-0.2, 0) is 0 Å². The molecule has 0 radical (unpaired) electrons. The summed E-state index contributed by atoms with van der Waals surface area (Å²) in [6, 6.07) is 1.07. The number of amides is 1. The van der Waals surface area contributed by atoms with Gasteiger partial charge in [-0.3, -0.25) is 4.79 Å². The van der Waals surface area contributed by atoms with Gasteiger partial charge in [-0.05, 0) is 13.0 Å². The monoisotopic (exact) mass is 282 g/mol. The third-order valence-electron chi connectivity index (χ3n) is 2.49. The molecule has 2 N–H and O–H groups in total. The Labute approximate surface area is 111 Å². The standard InChI is InChI=1S/C12H8F2N2O4/c1-5-4-15-20-10(5)11(17)16-9-2-6(12(18)19)7(13)3-8(9)14/h2-4H,1H3,(H,16,17)(H,18,19). The van der Waals surface area contributed by atoms with Crippen molar-refractivity contribution in [3.05, 3.63) is 46.9 Å². The number of aromatic nitrogens is 1. The summed E-state index contributed by atoms with van der Waals surface area (Å²) in [4.78, 5) is 22.5. The number of aromatic carboxylic acids is 1. The van der Waals surface area contributed by atoms with Crippen LogP contribution in [0.15, 0.2) is 22.9 Å². The predicted molar refractivity (Wildman–Crippen MR) is 62.5 cm³/mol. The fourth-order valence-corrected chi connectivity index (χ4v) is 1.50. The van der Waals surface area contributed by atoms with E-state index in [0.717, 1.165) is 0 Å². The highest BCUT2D eigenvalue weighted by Gasteiger charge is 2.19. The van der Waals surface area contributed by atoms with Gasteiger partial charge in [0.15, 0.2) is 0 Å². The SMILES string of the molecule is Cc1cnoc1C(=O)Nc1cc(C(=O)O)c(F)cc1F. The summed E-state index contributed by atoms with van der Waals surface area (Å²) in [6.45, 7) is 1.55. The van der Waals surface area contributed by atoms with E-state index in [1.54, 1.807) is 6.92 Å². The molecule has 0 fully saturated rings. The molecule has 0 spiro atoms. The smallest absolute Gasteiger partial charge is 0.338 e. The highest BCUT2D eigenvalue weighted by Crippen LogP contribution is 2.21. The van der Waals surface area contributed by atoms with Crippen molar-refractivity contribution in [2.45, 2.75) is 6.92 Å². The van der Waals surface area contributed by atoms with Crippen LogP contribution < -0.4 is 5.32 Å². The molecule has 20 heavy (non-hydrogen) atoms. The lowest BCUT2D eigenvalue weighted by Crippen LogP contribution is -2.14. The molecular weight excluding hydrogens is 274 g/mol. The first-order chi connectivity index (χ1) is 9.40. The Kier molecular flexibility index (Phi) is 3.47. The molecule has 104 valence electrons. The Morgan fingerprint density at radius 3 is 2.55 bits per heavy atom. The van der Waals surface area contributed by atoms with Gasteiger partial charge >= 0.3 is 5.97 Å². The lowest BCUT2D eigenvalue weighted by molar-refractivity contribution is 0.0691. The number of carboxylic acids is 1. The van der Waals surface area contributed by atoms with Gasteiger partial charge in [0.25, 0.3) is 5.91 Å². The second kappa shape index (κ2) is 5.08. The van der Waals surface area contributed by atoms with E-state index >= 15 is 0 Å². The van der Waals surface area contributed by atoms with Crippen molar-refractivity contribution in [2.24, 2.45) is 0 Å². The fourth-order valence-electron chi connectivity index (χ4n) is 1.50. The number of benzene rings is 1. The number of aryl methyl sites for hydroxylation is 1.